The molecule has 0 amide bonds. The second kappa shape index (κ2) is 5.09. The lowest BCUT2D eigenvalue weighted by Gasteiger charge is -2.25. The van der Waals surface area contributed by atoms with Gasteiger partial charge in [0.2, 0.25) is 0 Å². The second-order valence-electron chi connectivity index (χ2n) is 3.37. The molecule has 0 fully saturated rings. The standard InChI is InChI=1S/C10H7Cl2F5O/c1-18-5-2-3-6(7(11)4-5)8(12)9(13,14)10(15,16)17/h2-4,8H,1H3. The summed E-state index contributed by atoms with van der Waals surface area (Å²) >= 11 is 10.8. The normalized spacial score (nSPS) is 14.4. The molecule has 1 nitrogen and oxygen atoms in total. The minimum Gasteiger partial charge on any atom is -0.497 e. The van der Waals surface area contributed by atoms with Crippen LogP contribution in [-0.2, 0) is 0 Å². The fraction of sp³-hybridized carbons (Fsp3) is 0.400. The molecule has 0 aliphatic rings. The van der Waals surface area contributed by atoms with Gasteiger partial charge in [-0.2, -0.15) is 22.0 Å². The molecule has 8 heteroatoms. The summed E-state index contributed by atoms with van der Waals surface area (Å²) in [5.74, 6) is -4.85. The van der Waals surface area contributed by atoms with Gasteiger partial charge in [0.25, 0.3) is 0 Å². The summed E-state index contributed by atoms with van der Waals surface area (Å²) in [6.07, 6.45) is -5.75. The lowest BCUT2D eigenvalue weighted by Crippen LogP contribution is -2.40. The van der Waals surface area contributed by atoms with Gasteiger partial charge in [0.15, 0.2) is 0 Å². The van der Waals surface area contributed by atoms with Gasteiger partial charge in [-0.25, -0.2) is 0 Å². The summed E-state index contributed by atoms with van der Waals surface area (Å²) in [7, 11) is 1.30. The lowest BCUT2D eigenvalue weighted by atomic mass is 10.1. The van der Waals surface area contributed by atoms with Crippen LogP contribution >= 0.6 is 23.2 Å². The van der Waals surface area contributed by atoms with Gasteiger partial charge in [-0.3, -0.25) is 0 Å². The van der Waals surface area contributed by atoms with Crippen LogP contribution in [0.4, 0.5) is 22.0 Å². The highest BCUT2D eigenvalue weighted by Gasteiger charge is 2.62. The van der Waals surface area contributed by atoms with Crippen molar-refractivity contribution in [3.05, 3.63) is 28.8 Å². The zero-order valence-corrected chi connectivity index (χ0v) is 10.4. The highest BCUT2D eigenvalue weighted by atomic mass is 35.5. The Morgan fingerprint density at radius 1 is 1.17 bits per heavy atom. The molecule has 1 atom stereocenters. The first-order valence-electron chi connectivity index (χ1n) is 4.53. The van der Waals surface area contributed by atoms with Crippen molar-refractivity contribution < 1.29 is 26.7 Å². The van der Waals surface area contributed by atoms with Gasteiger partial charge in [0.1, 0.15) is 11.1 Å². The molecule has 1 rings (SSSR count). The van der Waals surface area contributed by atoms with Gasteiger partial charge in [0.05, 0.1) is 7.11 Å². The van der Waals surface area contributed by atoms with Crippen LogP contribution < -0.4 is 4.74 Å². The van der Waals surface area contributed by atoms with E-state index in [9.17, 15) is 22.0 Å². The second-order valence-corrected chi connectivity index (χ2v) is 4.21. The molecule has 1 aromatic rings. The van der Waals surface area contributed by atoms with Gasteiger partial charge in [-0.1, -0.05) is 17.7 Å². The van der Waals surface area contributed by atoms with Crippen LogP contribution in [0, 0.1) is 0 Å². The largest absolute Gasteiger partial charge is 0.497 e. The van der Waals surface area contributed by atoms with Crippen LogP contribution in [0.25, 0.3) is 0 Å². The Balaban J connectivity index is 3.15. The fourth-order valence-corrected chi connectivity index (χ4v) is 1.83. The molecule has 1 aromatic carbocycles. The summed E-state index contributed by atoms with van der Waals surface area (Å²) in [6, 6.07) is 3.28. The predicted octanol–water partition coefficient (Wildman–Crippen LogP) is 4.83. The van der Waals surface area contributed by atoms with E-state index in [0.717, 1.165) is 12.1 Å². The van der Waals surface area contributed by atoms with Gasteiger partial charge in [-0.15, -0.1) is 11.6 Å². The first-order valence-corrected chi connectivity index (χ1v) is 5.34. The Labute approximate surface area is 109 Å². The summed E-state index contributed by atoms with van der Waals surface area (Å²) in [5.41, 5.74) is -0.513. The van der Waals surface area contributed by atoms with Gasteiger partial charge < -0.3 is 4.74 Å². The van der Waals surface area contributed by atoms with Gasteiger partial charge >= 0.3 is 12.1 Å². The quantitative estimate of drug-likeness (QED) is 0.574. The Morgan fingerprint density at radius 3 is 2.11 bits per heavy atom. The Hall–Kier alpha value is -0.750. The highest BCUT2D eigenvalue weighted by molar-refractivity contribution is 6.33. The minimum atomic E-state index is -5.75. The first kappa shape index (κ1) is 15.3. The average Bonchev–Trinajstić information content (AvgIpc) is 2.26. The number of rotatable bonds is 3. The first-order chi connectivity index (χ1) is 8.11. The van der Waals surface area contributed by atoms with E-state index in [1.165, 1.54) is 13.2 Å². The molecule has 0 bridgehead atoms. The van der Waals surface area contributed by atoms with Gasteiger partial charge in [-0.05, 0) is 17.7 Å². The summed E-state index contributed by atoms with van der Waals surface area (Å²) in [6.45, 7) is 0. The molecule has 18 heavy (non-hydrogen) atoms. The van der Waals surface area contributed by atoms with Crippen LogP contribution in [0.5, 0.6) is 5.75 Å². The van der Waals surface area contributed by atoms with Crippen molar-refractivity contribution in [2.75, 3.05) is 7.11 Å². The van der Waals surface area contributed by atoms with Crippen molar-refractivity contribution in [3.8, 4) is 5.75 Å². The van der Waals surface area contributed by atoms with Crippen LogP contribution in [0.3, 0.4) is 0 Å². The molecule has 102 valence electrons. The number of halogens is 7. The summed E-state index contributed by atoms with van der Waals surface area (Å²) < 4.78 is 67.2. The number of hydrogen-bond donors (Lipinski definition) is 0. The molecule has 0 saturated carbocycles. The van der Waals surface area contributed by atoms with E-state index < -0.39 is 23.0 Å². The van der Waals surface area contributed by atoms with Crippen molar-refractivity contribution in [1.82, 2.24) is 0 Å². The molecule has 0 heterocycles. The molecule has 0 aliphatic carbocycles. The molecule has 0 N–H and O–H groups in total. The Morgan fingerprint density at radius 2 is 1.72 bits per heavy atom. The summed E-state index contributed by atoms with van der Waals surface area (Å²) in [4.78, 5) is 0. The van der Waals surface area contributed by atoms with Crippen LogP contribution in [-0.4, -0.2) is 19.2 Å². The van der Waals surface area contributed by atoms with E-state index in [-0.39, 0.29) is 10.8 Å². The topological polar surface area (TPSA) is 9.23 Å². The smallest absolute Gasteiger partial charge is 0.455 e. The molecular weight excluding hydrogens is 302 g/mol. The number of benzene rings is 1. The van der Waals surface area contributed by atoms with E-state index in [4.69, 9.17) is 27.9 Å². The van der Waals surface area contributed by atoms with E-state index in [1.807, 2.05) is 0 Å². The monoisotopic (exact) mass is 308 g/mol. The SMILES string of the molecule is COc1ccc(C(Cl)C(F)(F)C(F)(F)F)c(Cl)c1. The van der Waals surface area contributed by atoms with Crippen molar-refractivity contribution in [3.63, 3.8) is 0 Å². The zero-order chi connectivity index (χ0) is 14.1. The third kappa shape index (κ3) is 2.80. The minimum absolute atomic E-state index is 0.225. The molecular formula is C10H7Cl2F5O. The molecule has 0 radical (unpaired) electrons. The summed E-state index contributed by atoms with van der Waals surface area (Å²) in [5, 5.41) is -2.92. The highest BCUT2D eigenvalue weighted by Crippen LogP contribution is 2.49. The van der Waals surface area contributed by atoms with Crippen LogP contribution in [0.15, 0.2) is 18.2 Å². The molecule has 1 unspecified atom stereocenters. The number of hydrogen-bond acceptors (Lipinski definition) is 1. The van der Waals surface area contributed by atoms with Crippen LogP contribution in [0.1, 0.15) is 10.9 Å². The molecule has 0 aliphatic heterocycles. The molecule has 0 saturated heterocycles. The lowest BCUT2D eigenvalue weighted by molar-refractivity contribution is -0.283. The van der Waals surface area contributed by atoms with Gasteiger partial charge in [0, 0.05) is 5.02 Å². The Bertz CT molecular complexity index is 433. The fourth-order valence-electron chi connectivity index (χ4n) is 1.18. The maximum absolute atomic E-state index is 13.0. The average molecular weight is 309 g/mol. The van der Waals surface area contributed by atoms with E-state index in [2.05, 4.69) is 0 Å². The van der Waals surface area contributed by atoms with Crippen molar-refractivity contribution in [2.45, 2.75) is 17.5 Å². The van der Waals surface area contributed by atoms with Crippen molar-refractivity contribution in [2.24, 2.45) is 0 Å². The molecule has 0 spiro atoms. The van der Waals surface area contributed by atoms with E-state index in [1.54, 1.807) is 0 Å². The van der Waals surface area contributed by atoms with Crippen LogP contribution in [0.2, 0.25) is 5.02 Å². The third-order valence-corrected chi connectivity index (χ3v) is 3.01. The van der Waals surface area contributed by atoms with Crippen molar-refractivity contribution >= 4 is 23.2 Å². The maximum Gasteiger partial charge on any atom is 0.455 e. The maximum atomic E-state index is 13.0. The Kier molecular flexibility index (Phi) is 4.33. The predicted molar refractivity (Wildman–Crippen MR) is 57.6 cm³/mol. The number of ether oxygens (including phenoxy) is 1. The third-order valence-electron chi connectivity index (χ3n) is 2.18. The molecule has 0 aromatic heterocycles. The number of methoxy groups -OCH3 is 1. The zero-order valence-electron chi connectivity index (χ0n) is 8.86. The van der Waals surface area contributed by atoms with E-state index >= 15 is 0 Å². The number of alkyl halides is 6. The van der Waals surface area contributed by atoms with Crippen molar-refractivity contribution in [1.29, 1.82) is 0 Å². The van der Waals surface area contributed by atoms with E-state index in [0.29, 0.717) is 0 Å².